The van der Waals surface area contributed by atoms with Crippen molar-refractivity contribution in [2.45, 2.75) is 45.4 Å². The van der Waals surface area contributed by atoms with Crippen LogP contribution in [-0.4, -0.2) is 22.9 Å². The molecular weight excluding hydrogens is 360 g/mol. The van der Waals surface area contributed by atoms with Gasteiger partial charge in [0.05, 0.1) is 5.52 Å². The van der Waals surface area contributed by atoms with Gasteiger partial charge in [-0.25, -0.2) is 0 Å². The molecule has 0 saturated heterocycles. The molecular formula is C25H28N2O2. The number of carbonyl (C=O) groups excluding carboxylic acids is 2. The van der Waals surface area contributed by atoms with Crippen molar-refractivity contribution in [3.63, 3.8) is 0 Å². The van der Waals surface area contributed by atoms with Crippen LogP contribution in [0.15, 0.2) is 54.7 Å². The molecule has 4 heteroatoms. The second-order valence-corrected chi connectivity index (χ2v) is 8.00. The Kier molecular flexibility index (Phi) is 5.79. The molecule has 4 nitrogen and oxygen atoms in total. The normalized spacial score (nSPS) is 14.8. The number of fused-ring (bicyclic) bond motifs is 1. The maximum Gasteiger partial charge on any atom is 0.251 e. The second kappa shape index (κ2) is 8.64. The Morgan fingerprint density at radius 1 is 0.966 bits per heavy atom. The van der Waals surface area contributed by atoms with Crippen molar-refractivity contribution >= 4 is 22.7 Å². The van der Waals surface area contributed by atoms with Crippen molar-refractivity contribution in [1.29, 1.82) is 0 Å². The zero-order valence-corrected chi connectivity index (χ0v) is 17.0. The summed E-state index contributed by atoms with van der Waals surface area (Å²) in [7, 11) is 0. The molecule has 0 unspecified atom stereocenters. The van der Waals surface area contributed by atoms with E-state index in [1.807, 2.05) is 55.6 Å². The maximum atomic E-state index is 12.5. The van der Waals surface area contributed by atoms with Crippen LogP contribution in [0.1, 0.15) is 60.6 Å². The largest absolute Gasteiger partial charge is 0.352 e. The lowest BCUT2D eigenvalue weighted by Gasteiger charge is -2.21. The molecule has 0 atom stereocenters. The molecule has 0 spiro atoms. The third-order valence-corrected chi connectivity index (χ3v) is 6.02. The minimum atomic E-state index is 0.00716. The summed E-state index contributed by atoms with van der Waals surface area (Å²) in [4.78, 5) is 24.5. The van der Waals surface area contributed by atoms with Gasteiger partial charge in [0, 0.05) is 30.1 Å². The Bertz CT molecular complexity index is 1010. The Labute approximate surface area is 171 Å². The number of hydrogen-bond donors (Lipinski definition) is 1. The van der Waals surface area contributed by atoms with Gasteiger partial charge in [-0.1, -0.05) is 44.4 Å². The van der Waals surface area contributed by atoms with Gasteiger partial charge in [0.25, 0.3) is 5.91 Å². The quantitative estimate of drug-likeness (QED) is 0.612. The first kappa shape index (κ1) is 19.4. The van der Waals surface area contributed by atoms with Gasteiger partial charge in [-0.2, -0.15) is 0 Å². The molecule has 1 fully saturated rings. The van der Waals surface area contributed by atoms with Gasteiger partial charge in [0.15, 0.2) is 0 Å². The number of amides is 1. The summed E-state index contributed by atoms with van der Waals surface area (Å²) in [6.07, 6.45) is 8.68. The molecule has 1 aliphatic carbocycles. The lowest BCUT2D eigenvalue weighted by molar-refractivity contribution is 0.0912. The SMILES string of the molecule is CCC(=O)n1ccc2cc(-c3ccc(C(=O)NCC4CCCCC4)cc3)ccc21. The highest BCUT2D eigenvalue weighted by molar-refractivity contribution is 5.96. The molecule has 0 aliphatic heterocycles. The standard InChI is InChI=1S/C25H28N2O2/c1-2-24(28)27-15-14-22-16-21(12-13-23(22)27)19-8-10-20(11-9-19)25(29)26-17-18-6-4-3-5-7-18/h8-16,18H,2-7,17H2,1H3,(H,26,29). The van der Waals surface area contributed by atoms with Gasteiger partial charge < -0.3 is 5.32 Å². The van der Waals surface area contributed by atoms with Crippen molar-refractivity contribution in [3.05, 3.63) is 60.3 Å². The molecule has 1 heterocycles. The zero-order chi connectivity index (χ0) is 20.2. The molecule has 1 N–H and O–H groups in total. The van der Waals surface area contributed by atoms with E-state index in [4.69, 9.17) is 0 Å². The highest BCUT2D eigenvalue weighted by Crippen LogP contribution is 2.26. The molecule has 0 bridgehead atoms. The first-order valence-corrected chi connectivity index (χ1v) is 10.7. The van der Waals surface area contributed by atoms with Crippen molar-refractivity contribution in [1.82, 2.24) is 9.88 Å². The van der Waals surface area contributed by atoms with Crippen LogP contribution in [0.4, 0.5) is 0 Å². The van der Waals surface area contributed by atoms with Crippen LogP contribution in [-0.2, 0) is 0 Å². The fourth-order valence-corrected chi connectivity index (χ4v) is 4.25. The Balaban J connectivity index is 1.45. The van der Waals surface area contributed by atoms with E-state index in [2.05, 4.69) is 11.4 Å². The smallest absolute Gasteiger partial charge is 0.251 e. The molecule has 1 saturated carbocycles. The number of benzene rings is 2. The van der Waals surface area contributed by atoms with Gasteiger partial charge in [0.1, 0.15) is 0 Å². The number of rotatable bonds is 5. The van der Waals surface area contributed by atoms with Crippen molar-refractivity contribution in [3.8, 4) is 11.1 Å². The second-order valence-electron chi connectivity index (χ2n) is 8.00. The van der Waals surface area contributed by atoms with Crippen LogP contribution in [0.25, 0.3) is 22.0 Å². The summed E-state index contributed by atoms with van der Waals surface area (Å²) < 4.78 is 1.71. The summed E-state index contributed by atoms with van der Waals surface area (Å²) in [5.74, 6) is 0.731. The van der Waals surface area contributed by atoms with Crippen LogP contribution in [0.5, 0.6) is 0 Å². The van der Waals surface area contributed by atoms with Gasteiger partial charge >= 0.3 is 0 Å². The van der Waals surface area contributed by atoms with E-state index in [9.17, 15) is 9.59 Å². The third kappa shape index (κ3) is 4.26. The highest BCUT2D eigenvalue weighted by Gasteiger charge is 2.15. The Morgan fingerprint density at radius 2 is 1.69 bits per heavy atom. The van der Waals surface area contributed by atoms with E-state index < -0.39 is 0 Å². The summed E-state index contributed by atoms with van der Waals surface area (Å²) in [5.41, 5.74) is 3.77. The monoisotopic (exact) mass is 388 g/mol. The van der Waals surface area contributed by atoms with Crippen LogP contribution in [0.3, 0.4) is 0 Å². The number of hydrogen-bond acceptors (Lipinski definition) is 2. The van der Waals surface area contributed by atoms with Crippen LogP contribution in [0, 0.1) is 5.92 Å². The van der Waals surface area contributed by atoms with Gasteiger partial charge in [-0.15, -0.1) is 0 Å². The molecule has 1 amide bonds. The predicted molar refractivity (Wildman–Crippen MR) is 117 cm³/mol. The van der Waals surface area contributed by atoms with E-state index >= 15 is 0 Å². The lowest BCUT2D eigenvalue weighted by atomic mass is 9.89. The topological polar surface area (TPSA) is 51.1 Å². The number of aromatic nitrogens is 1. The van der Waals surface area contributed by atoms with E-state index in [1.165, 1.54) is 32.1 Å². The molecule has 4 rings (SSSR count). The molecule has 1 aliphatic rings. The van der Waals surface area contributed by atoms with Crippen molar-refractivity contribution in [2.24, 2.45) is 5.92 Å². The van der Waals surface area contributed by atoms with E-state index in [0.29, 0.717) is 17.9 Å². The predicted octanol–water partition coefficient (Wildman–Crippen LogP) is 5.67. The van der Waals surface area contributed by atoms with E-state index in [0.717, 1.165) is 28.6 Å². The van der Waals surface area contributed by atoms with Crippen molar-refractivity contribution < 1.29 is 9.59 Å². The van der Waals surface area contributed by atoms with Crippen LogP contribution < -0.4 is 5.32 Å². The molecule has 150 valence electrons. The molecule has 29 heavy (non-hydrogen) atoms. The molecule has 2 aromatic carbocycles. The molecule has 3 aromatic rings. The maximum absolute atomic E-state index is 12.5. The average molecular weight is 389 g/mol. The lowest BCUT2D eigenvalue weighted by Crippen LogP contribution is -2.30. The van der Waals surface area contributed by atoms with Crippen molar-refractivity contribution in [2.75, 3.05) is 6.54 Å². The average Bonchev–Trinajstić information content (AvgIpc) is 3.21. The Morgan fingerprint density at radius 3 is 2.41 bits per heavy atom. The highest BCUT2D eigenvalue weighted by atomic mass is 16.2. The summed E-state index contributed by atoms with van der Waals surface area (Å²) in [6, 6.07) is 15.8. The van der Waals surface area contributed by atoms with E-state index in [1.54, 1.807) is 4.57 Å². The van der Waals surface area contributed by atoms with Gasteiger partial charge in [-0.05, 0) is 60.2 Å². The fraction of sp³-hybridized carbons (Fsp3) is 0.360. The molecule has 1 aromatic heterocycles. The first-order valence-electron chi connectivity index (χ1n) is 10.7. The number of carbonyl (C=O) groups is 2. The third-order valence-electron chi connectivity index (χ3n) is 6.02. The van der Waals surface area contributed by atoms with Crippen LogP contribution >= 0.6 is 0 Å². The van der Waals surface area contributed by atoms with Gasteiger partial charge in [0.2, 0.25) is 5.91 Å². The molecule has 0 radical (unpaired) electrons. The first-order chi connectivity index (χ1) is 14.2. The van der Waals surface area contributed by atoms with Gasteiger partial charge in [-0.3, -0.25) is 14.2 Å². The number of nitrogens with one attached hydrogen (secondary N) is 1. The Hall–Kier alpha value is -2.88. The number of nitrogens with zero attached hydrogens (tertiary/aromatic N) is 1. The summed E-state index contributed by atoms with van der Waals surface area (Å²) >= 11 is 0. The summed E-state index contributed by atoms with van der Waals surface area (Å²) in [5, 5.41) is 4.14. The zero-order valence-electron chi connectivity index (χ0n) is 17.0. The fourth-order valence-electron chi connectivity index (χ4n) is 4.25. The minimum Gasteiger partial charge on any atom is -0.352 e. The minimum absolute atomic E-state index is 0.00716. The van der Waals surface area contributed by atoms with E-state index in [-0.39, 0.29) is 11.8 Å². The summed E-state index contributed by atoms with van der Waals surface area (Å²) in [6.45, 7) is 2.65. The van der Waals surface area contributed by atoms with Crippen LogP contribution in [0.2, 0.25) is 0 Å².